The van der Waals surface area contributed by atoms with Gasteiger partial charge in [-0.1, -0.05) is 43.8 Å². The Balaban J connectivity index is 1.72. The van der Waals surface area contributed by atoms with E-state index in [4.69, 9.17) is 9.47 Å². The molecule has 2 amide bonds. The molecule has 1 N–H and O–H groups in total. The van der Waals surface area contributed by atoms with E-state index in [0.29, 0.717) is 28.9 Å². The average molecular weight is 442 g/mol. The normalized spacial score (nSPS) is 17.3. The van der Waals surface area contributed by atoms with Gasteiger partial charge >= 0.3 is 0 Å². The van der Waals surface area contributed by atoms with Gasteiger partial charge in [-0.05, 0) is 30.2 Å². The number of para-hydroxylation sites is 1. The number of aliphatic imine (C=N–C) groups is 1. The first-order valence-electron chi connectivity index (χ1n) is 10.0. The monoisotopic (exact) mass is 441 g/mol. The third-order valence-electron chi connectivity index (χ3n) is 4.59. The van der Waals surface area contributed by atoms with Gasteiger partial charge in [-0.25, -0.2) is 4.99 Å². The molecule has 0 aromatic heterocycles. The number of hydrogen-bond donors (Lipinski definition) is 1. The van der Waals surface area contributed by atoms with E-state index in [1.54, 1.807) is 30.2 Å². The largest absolute Gasteiger partial charge is 0.493 e. The van der Waals surface area contributed by atoms with Crippen LogP contribution < -0.4 is 14.8 Å². The lowest BCUT2D eigenvalue weighted by Gasteiger charge is -2.18. The molecular formula is C23H27N3O4S. The molecule has 0 radical (unpaired) electrons. The average Bonchev–Trinajstić information content (AvgIpc) is 3.02. The minimum atomic E-state index is -0.513. The van der Waals surface area contributed by atoms with Crippen molar-refractivity contribution in [2.24, 2.45) is 10.9 Å². The van der Waals surface area contributed by atoms with Crippen LogP contribution in [0.1, 0.15) is 20.3 Å². The number of nitrogens with zero attached hydrogens (tertiary/aromatic N) is 2. The van der Waals surface area contributed by atoms with E-state index in [1.165, 1.54) is 18.9 Å². The van der Waals surface area contributed by atoms with E-state index in [9.17, 15) is 9.59 Å². The standard InChI is InChI=1S/C23H27N3O4S/c1-15(2)14-26-22(28)20(31-23(26)25-16-8-6-5-7-9-16)13-21(27)24-17-10-11-18(29-3)19(12-17)30-4/h5-12,15,20H,13-14H2,1-4H3,(H,24,27)/t20-/m1/s1. The minimum absolute atomic E-state index is 0.0558. The number of thioether (sulfide) groups is 1. The summed E-state index contributed by atoms with van der Waals surface area (Å²) in [6, 6.07) is 14.7. The first-order chi connectivity index (χ1) is 14.9. The molecule has 164 valence electrons. The van der Waals surface area contributed by atoms with E-state index in [0.717, 1.165) is 5.69 Å². The van der Waals surface area contributed by atoms with Gasteiger partial charge in [0.05, 0.1) is 19.9 Å². The lowest BCUT2D eigenvalue weighted by molar-refractivity contribution is -0.128. The molecule has 2 aromatic rings. The Morgan fingerprint density at radius 1 is 1.13 bits per heavy atom. The number of benzene rings is 2. The van der Waals surface area contributed by atoms with Crippen molar-refractivity contribution in [2.45, 2.75) is 25.5 Å². The van der Waals surface area contributed by atoms with Crippen LogP contribution in [0.25, 0.3) is 0 Å². The van der Waals surface area contributed by atoms with Crippen molar-refractivity contribution in [1.82, 2.24) is 4.90 Å². The predicted molar refractivity (Wildman–Crippen MR) is 124 cm³/mol. The number of anilines is 1. The van der Waals surface area contributed by atoms with E-state index < -0.39 is 5.25 Å². The second-order valence-electron chi connectivity index (χ2n) is 7.50. The van der Waals surface area contributed by atoms with Crippen molar-refractivity contribution in [1.29, 1.82) is 0 Å². The molecule has 0 bridgehead atoms. The summed E-state index contributed by atoms with van der Waals surface area (Å²) in [7, 11) is 3.09. The maximum absolute atomic E-state index is 13.0. The highest BCUT2D eigenvalue weighted by Gasteiger charge is 2.39. The fraction of sp³-hybridized carbons (Fsp3) is 0.348. The van der Waals surface area contributed by atoms with Crippen LogP contribution in [0.5, 0.6) is 11.5 Å². The molecule has 8 heteroatoms. The number of hydrogen-bond acceptors (Lipinski definition) is 6. The molecule has 1 aliphatic heterocycles. The Morgan fingerprint density at radius 2 is 1.84 bits per heavy atom. The number of amides is 2. The summed E-state index contributed by atoms with van der Waals surface area (Å²) in [4.78, 5) is 32.0. The van der Waals surface area contributed by atoms with E-state index >= 15 is 0 Å². The first-order valence-corrected chi connectivity index (χ1v) is 10.9. The fourth-order valence-electron chi connectivity index (χ4n) is 3.17. The summed E-state index contributed by atoms with van der Waals surface area (Å²) in [5.41, 5.74) is 1.36. The van der Waals surface area contributed by atoms with Gasteiger partial charge in [-0.15, -0.1) is 0 Å². The highest BCUT2D eigenvalue weighted by atomic mass is 32.2. The topological polar surface area (TPSA) is 80.2 Å². The summed E-state index contributed by atoms with van der Waals surface area (Å²) >= 11 is 1.34. The lowest BCUT2D eigenvalue weighted by Crippen LogP contribution is -2.36. The molecule has 2 aromatic carbocycles. The van der Waals surface area contributed by atoms with Gasteiger partial charge in [0.25, 0.3) is 0 Å². The molecule has 1 fully saturated rings. The second-order valence-corrected chi connectivity index (χ2v) is 8.67. The van der Waals surface area contributed by atoms with Crippen molar-refractivity contribution >= 4 is 40.1 Å². The Morgan fingerprint density at radius 3 is 2.48 bits per heavy atom. The third-order valence-corrected chi connectivity index (χ3v) is 5.76. The van der Waals surface area contributed by atoms with Gasteiger partial charge in [0, 0.05) is 24.7 Å². The van der Waals surface area contributed by atoms with Crippen molar-refractivity contribution in [3.8, 4) is 11.5 Å². The van der Waals surface area contributed by atoms with Crippen LogP contribution in [0.4, 0.5) is 11.4 Å². The molecule has 0 aliphatic carbocycles. The maximum Gasteiger partial charge on any atom is 0.242 e. The van der Waals surface area contributed by atoms with Crippen LogP contribution in [0.15, 0.2) is 53.5 Å². The van der Waals surface area contributed by atoms with Gasteiger partial charge < -0.3 is 14.8 Å². The summed E-state index contributed by atoms with van der Waals surface area (Å²) in [6.45, 7) is 4.66. The summed E-state index contributed by atoms with van der Waals surface area (Å²) < 4.78 is 10.5. The highest BCUT2D eigenvalue weighted by molar-refractivity contribution is 8.15. The first kappa shape index (κ1) is 22.7. The number of carbonyl (C=O) groups excluding carboxylic acids is 2. The number of amidine groups is 1. The molecular weight excluding hydrogens is 414 g/mol. The van der Waals surface area contributed by atoms with Gasteiger partial charge in [-0.2, -0.15) is 0 Å². The Hall–Kier alpha value is -3.00. The third kappa shape index (κ3) is 5.79. The van der Waals surface area contributed by atoms with E-state index in [2.05, 4.69) is 24.2 Å². The molecule has 1 saturated heterocycles. The van der Waals surface area contributed by atoms with Crippen LogP contribution in [-0.4, -0.2) is 47.9 Å². The summed E-state index contributed by atoms with van der Waals surface area (Å²) in [6.07, 6.45) is 0.0558. The number of carbonyl (C=O) groups is 2. The molecule has 0 unspecified atom stereocenters. The van der Waals surface area contributed by atoms with Crippen molar-refractivity contribution in [2.75, 3.05) is 26.1 Å². The van der Waals surface area contributed by atoms with Crippen molar-refractivity contribution < 1.29 is 19.1 Å². The number of methoxy groups -OCH3 is 2. The van der Waals surface area contributed by atoms with Gasteiger partial charge in [0.1, 0.15) is 5.25 Å². The quantitative estimate of drug-likeness (QED) is 0.660. The van der Waals surface area contributed by atoms with Crippen LogP contribution >= 0.6 is 11.8 Å². The summed E-state index contributed by atoms with van der Waals surface area (Å²) in [5, 5.41) is 2.96. The summed E-state index contributed by atoms with van der Waals surface area (Å²) in [5.74, 6) is 1.05. The number of nitrogens with one attached hydrogen (secondary N) is 1. The van der Waals surface area contributed by atoms with Gasteiger partial charge in [0.15, 0.2) is 16.7 Å². The number of rotatable bonds is 8. The highest BCUT2D eigenvalue weighted by Crippen LogP contribution is 2.33. The zero-order valence-electron chi connectivity index (χ0n) is 18.1. The van der Waals surface area contributed by atoms with Gasteiger partial charge in [-0.3, -0.25) is 14.5 Å². The molecule has 3 rings (SSSR count). The van der Waals surface area contributed by atoms with Gasteiger partial charge in [0.2, 0.25) is 11.8 Å². The number of ether oxygens (including phenoxy) is 2. The van der Waals surface area contributed by atoms with E-state index in [1.807, 2.05) is 30.3 Å². The predicted octanol–water partition coefficient (Wildman–Crippen LogP) is 4.32. The lowest BCUT2D eigenvalue weighted by atomic mass is 10.2. The van der Waals surface area contributed by atoms with Crippen LogP contribution in [-0.2, 0) is 9.59 Å². The SMILES string of the molecule is COc1ccc(NC(=O)C[C@H]2SC(=Nc3ccccc3)N(CC(C)C)C2=O)cc1OC. The molecule has 31 heavy (non-hydrogen) atoms. The Labute approximate surface area is 186 Å². The van der Waals surface area contributed by atoms with E-state index in [-0.39, 0.29) is 24.2 Å². The molecule has 7 nitrogen and oxygen atoms in total. The molecule has 1 atom stereocenters. The smallest absolute Gasteiger partial charge is 0.242 e. The Kier molecular flexibility index (Phi) is 7.57. The maximum atomic E-state index is 13.0. The van der Waals surface area contributed by atoms with Crippen molar-refractivity contribution in [3.05, 3.63) is 48.5 Å². The fourth-order valence-corrected chi connectivity index (χ4v) is 4.33. The minimum Gasteiger partial charge on any atom is -0.493 e. The molecule has 0 saturated carbocycles. The molecule has 1 aliphatic rings. The molecule has 0 spiro atoms. The van der Waals surface area contributed by atoms with Crippen molar-refractivity contribution in [3.63, 3.8) is 0 Å². The van der Waals surface area contributed by atoms with Crippen LogP contribution in [0, 0.1) is 5.92 Å². The van der Waals surface area contributed by atoms with Crippen LogP contribution in [0.3, 0.4) is 0 Å². The second kappa shape index (κ2) is 10.3. The zero-order valence-corrected chi connectivity index (χ0v) is 18.9. The Bertz CT molecular complexity index is 963. The zero-order chi connectivity index (χ0) is 22.4. The van der Waals surface area contributed by atoms with Crippen LogP contribution in [0.2, 0.25) is 0 Å². The molecule has 1 heterocycles.